The second-order valence-corrected chi connectivity index (χ2v) is 7.38. The molecular formula is C25H27NO8. The fourth-order valence-corrected chi connectivity index (χ4v) is 3.39. The number of nitrogens with zero attached hydrogens (tertiary/aromatic N) is 1. The summed E-state index contributed by atoms with van der Waals surface area (Å²) < 4.78 is 22.3. The molecule has 0 amide bonds. The molecule has 1 aliphatic heterocycles. The van der Waals surface area contributed by atoms with Crippen molar-refractivity contribution in [2.24, 2.45) is 0 Å². The molecule has 2 heterocycles. The van der Waals surface area contributed by atoms with Gasteiger partial charge in [-0.05, 0) is 49.2 Å². The minimum absolute atomic E-state index is 0.303. The van der Waals surface area contributed by atoms with Crippen LogP contribution in [0.3, 0.4) is 0 Å². The highest BCUT2D eigenvalue weighted by molar-refractivity contribution is 6.27. The Morgan fingerprint density at radius 3 is 2.44 bits per heavy atom. The van der Waals surface area contributed by atoms with Crippen molar-refractivity contribution in [2.45, 2.75) is 26.4 Å². The first-order valence-corrected chi connectivity index (χ1v) is 10.8. The Morgan fingerprint density at radius 1 is 0.971 bits per heavy atom. The fourth-order valence-electron chi connectivity index (χ4n) is 3.39. The van der Waals surface area contributed by atoms with Crippen LogP contribution in [0.15, 0.2) is 65.3 Å². The van der Waals surface area contributed by atoms with Gasteiger partial charge in [0.2, 0.25) is 6.79 Å². The summed E-state index contributed by atoms with van der Waals surface area (Å²) in [5.74, 6) is -0.0966. The van der Waals surface area contributed by atoms with Gasteiger partial charge in [-0.3, -0.25) is 4.90 Å². The van der Waals surface area contributed by atoms with Crippen molar-refractivity contribution in [2.75, 3.05) is 19.9 Å². The molecule has 3 aromatic rings. The van der Waals surface area contributed by atoms with Gasteiger partial charge in [-0.2, -0.15) is 0 Å². The van der Waals surface area contributed by atoms with Crippen molar-refractivity contribution in [1.82, 2.24) is 4.90 Å². The lowest BCUT2D eigenvalue weighted by Crippen LogP contribution is -2.25. The van der Waals surface area contributed by atoms with Crippen LogP contribution in [-0.2, 0) is 29.1 Å². The number of carboxylic acid groups (broad SMARTS) is 2. The number of carbonyl (C=O) groups is 2. The molecular weight excluding hydrogens is 442 g/mol. The fraction of sp³-hybridized carbons (Fsp3) is 0.280. The minimum atomic E-state index is -1.82. The smallest absolute Gasteiger partial charge is 0.414 e. The van der Waals surface area contributed by atoms with Gasteiger partial charge in [-0.1, -0.05) is 24.3 Å². The van der Waals surface area contributed by atoms with Crippen molar-refractivity contribution in [3.05, 3.63) is 77.7 Å². The molecule has 4 rings (SSSR count). The van der Waals surface area contributed by atoms with Crippen LogP contribution < -0.4 is 14.2 Å². The average Bonchev–Trinajstić information content (AvgIpc) is 3.51. The number of rotatable bonds is 9. The monoisotopic (exact) mass is 469 g/mol. The largest absolute Gasteiger partial charge is 0.494 e. The maximum atomic E-state index is 9.10. The van der Waals surface area contributed by atoms with Crippen molar-refractivity contribution < 1.29 is 38.4 Å². The molecule has 0 spiro atoms. The van der Waals surface area contributed by atoms with E-state index in [1.807, 2.05) is 37.3 Å². The molecule has 0 aliphatic carbocycles. The van der Waals surface area contributed by atoms with Crippen LogP contribution in [0.5, 0.6) is 17.2 Å². The highest BCUT2D eigenvalue weighted by atomic mass is 16.7. The molecule has 0 fully saturated rings. The third kappa shape index (κ3) is 7.28. The maximum absolute atomic E-state index is 9.10. The summed E-state index contributed by atoms with van der Waals surface area (Å²) in [5.41, 5.74) is 2.41. The molecule has 0 radical (unpaired) electrons. The molecule has 9 nitrogen and oxygen atoms in total. The van der Waals surface area contributed by atoms with Crippen LogP contribution in [0.4, 0.5) is 0 Å². The van der Waals surface area contributed by atoms with Gasteiger partial charge in [-0.25, -0.2) is 9.59 Å². The Hall–Kier alpha value is -3.98. The molecule has 9 heteroatoms. The van der Waals surface area contributed by atoms with Crippen molar-refractivity contribution >= 4 is 11.9 Å². The number of benzene rings is 2. The lowest BCUT2D eigenvalue weighted by molar-refractivity contribution is -0.159. The van der Waals surface area contributed by atoms with Crippen LogP contribution in [0, 0.1) is 0 Å². The SMILES string of the molecule is CCOc1ccccc1CN(CCc1ccc2c(c1)OCO2)Cc1ccco1.O=C(O)C(=O)O. The van der Waals surface area contributed by atoms with E-state index < -0.39 is 11.9 Å². The van der Waals surface area contributed by atoms with Gasteiger partial charge in [0.15, 0.2) is 11.5 Å². The summed E-state index contributed by atoms with van der Waals surface area (Å²) in [7, 11) is 0. The van der Waals surface area contributed by atoms with Gasteiger partial charge in [0.25, 0.3) is 0 Å². The van der Waals surface area contributed by atoms with E-state index in [-0.39, 0.29) is 0 Å². The van der Waals surface area contributed by atoms with E-state index in [0.29, 0.717) is 13.4 Å². The summed E-state index contributed by atoms with van der Waals surface area (Å²) in [6.45, 7) is 5.40. The summed E-state index contributed by atoms with van der Waals surface area (Å²) in [5, 5.41) is 14.8. The van der Waals surface area contributed by atoms with E-state index in [9.17, 15) is 0 Å². The standard InChI is InChI=1S/C23H25NO4.C2H2O4/c1-2-25-21-8-4-3-6-19(21)15-24(16-20-7-5-13-26-20)12-11-18-9-10-22-23(14-18)28-17-27-22;3-1(4)2(5)6/h3-10,13-14H,2,11-12,15-17H2,1H3;(H,3,4)(H,5,6). The van der Waals surface area contributed by atoms with Gasteiger partial charge >= 0.3 is 11.9 Å². The van der Waals surface area contributed by atoms with E-state index >= 15 is 0 Å². The zero-order valence-corrected chi connectivity index (χ0v) is 18.8. The van der Waals surface area contributed by atoms with Gasteiger partial charge in [0, 0.05) is 18.7 Å². The number of fused-ring (bicyclic) bond motifs is 1. The van der Waals surface area contributed by atoms with E-state index in [0.717, 1.165) is 49.1 Å². The first-order valence-electron chi connectivity index (χ1n) is 10.8. The van der Waals surface area contributed by atoms with Crippen molar-refractivity contribution in [1.29, 1.82) is 0 Å². The Kier molecular flexibility index (Phi) is 8.93. The number of furan rings is 1. The highest BCUT2D eigenvalue weighted by Gasteiger charge is 2.15. The van der Waals surface area contributed by atoms with E-state index in [4.69, 9.17) is 38.4 Å². The Morgan fingerprint density at radius 2 is 1.74 bits per heavy atom. The molecule has 2 N–H and O–H groups in total. The van der Waals surface area contributed by atoms with Crippen LogP contribution in [0.25, 0.3) is 0 Å². The number of ether oxygens (including phenoxy) is 3. The summed E-state index contributed by atoms with van der Waals surface area (Å²) >= 11 is 0. The molecule has 0 saturated heterocycles. The molecule has 34 heavy (non-hydrogen) atoms. The van der Waals surface area contributed by atoms with Gasteiger partial charge in [-0.15, -0.1) is 0 Å². The van der Waals surface area contributed by atoms with Gasteiger partial charge < -0.3 is 28.8 Å². The van der Waals surface area contributed by atoms with Crippen molar-refractivity contribution in [3.63, 3.8) is 0 Å². The first-order chi connectivity index (χ1) is 16.5. The Bertz CT molecular complexity index is 1070. The number of para-hydroxylation sites is 1. The Labute approximate surface area is 197 Å². The van der Waals surface area contributed by atoms with E-state index in [1.165, 1.54) is 11.1 Å². The topological polar surface area (TPSA) is 119 Å². The first kappa shape index (κ1) is 24.7. The number of carboxylic acids is 2. The predicted octanol–water partition coefficient (Wildman–Crippen LogP) is 3.81. The molecule has 2 aromatic carbocycles. The van der Waals surface area contributed by atoms with Gasteiger partial charge in [0.1, 0.15) is 11.5 Å². The normalized spacial score (nSPS) is 11.6. The van der Waals surface area contributed by atoms with Crippen LogP contribution in [0.2, 0.25) is 0 Å². The second kappa shape index (κ2) is 12.3. The third-order valence-corrected chi connectivity index (χ3v) is 4.96. The minimum Gasteiger partial charge on any atom is -0.494 e. The lowest BCUT2D eigenvalue weighted by atomic mass is 10.1. The van der Waals surface area contributed by atoms with Crippen LogP contribution >= 0.6 is 0 Å². The summed E-state index contributed by atoms with van der Waals surface area (Å²) in [6, 6.07) is 18.3. The zero-order chi connectivity index (χ0) is 24.3. The van der Waals surface area contributed by atoms with Crippen LogP contribution in [-0.4, -0.2) is 47.0 Å². The molecule has 0 unspecified atom stereocenters. The van der Waals surface area contributed by atoms with Crippen molar-refractivity contribution in [3.8, 4) is 17.2 Å². The molecule has 180 valence electrons. The average molecular weight is 469 g/mol. The number of hydrogen-bond donors (Lipinski definition) is 2. The van der Waals surface area contributed by atoms with Gasteiger partial charge in [0.05, 0.1) is 19.4 Å². The van der Waals surface area contributed by atoms with E-state index in [2.05, 4.69) is 29.2 Å². The van der Waals surface area contributed by atoms with E-state index in [1.54, 1.807) is 6.26 Å². The highest BCUT2D eigenvalue weighted by Crippen LogP contribution is 2.32. The second-order valence-electron chi connectivity index (χ2n) is 7.38. The van der Waals surface area contributed by atoms with Crippen LogP contribution in [0.1, 0.15) is 23.8 Å². The third-order valence-electron chi connectivity index (χ3n) is 4.96. The summed E-state index contributed by atoms with van der Waals surface area (Å²) in [6.07, 6.45) is 2.63. The quantitative estimate of drug-likeness (QED) is 0.451. The predicted molar refractivity (Wildman–Crippen MR) is 122 cm³/mol. The molecule has 0 saturated carbocycles. The Balaban J connectivity index is 0.000000481. The molecule has 0 bridgehead atoms. The molecule has 1 aliphatic rings. The maximum Gasteiger partial charge on any atom is 0.414 e. The number of aliphatic carboxylic acids is 2. The summed E-state index contributed by atoms with van der Waals surface area (Å²) in [4.78, 5) is 20.6. The lowest BCUT2D eigenvalue weighted by Gasteiger charge is -2.23. The molecule has 1 aromatic heterocycles. The molecule has 0 atom stereocenters. The number of hydrogen-bond acceptors (Lipinski definition) is 7. The zero-order valence-electron chi connectivity index (χ0n) is 18.8.